The fourth-order valence-corrected chi connectivity index (χ4v) is 3.73. The standard InChI is InChI=1S/C25H18N2/c26-20-14-15-25-23(17-20)22-16-19(18-8-3-1-4-9-18)10-7-13-24(22)27(25)21-11-5-2-6-12-21/h1-6,8-9,11-12,14-17H,10,26H2. The first kappa shape index (κ1) is 15.5. The number of anilines is 1. The third-order valence-corrected chi connectivity index (χ3v) is 4.99. The molecule has 1 aromatic heterocycles. The van der Waals surface area contributed by atoms with E-state index < -0.39 is 0 Å². The molecule has 0 saturated heterocycles. The van der Waals surface area contributed by atoms with E-state index in [-0.39, 0.29) is 0 Å². The number of nitrogen functional groups attached to an aromatic ring is 1. The number of rotatable bonds is 2. The molecule has 1 aliphatic rings. The summed E-state index contributed by atoms with van der Waals surface area (Å²) >= 11 is 0. The van der Waals surface area contributed by atoms with Gasteiger partial charge in [-0.3, -0.25) is 0 Å². The van der Waals surface area contributed by atoms with Gasteiger partial charge in [0.05, 0.1) is 5.52 Å². The van der Waals surface area contributed by atoms with Gasteiger partial charge in [-0.2, -0.15) is 0 Å². The van der Waals surface area contributed by atoms with Crippen LogP contribution in [0.15, 0.2) is 78.9 Å². The maximum absolute atomic E-state index is 6.12. The van der Waals surface area contributed by atoms with E-state index in [0.29, 0.717) is 0 Å². The van der Waals surface area contributed by atoms with Crippen LogP contribution in [0.4, 0.5) is 5.69 Å². The molecule has 128 valence electrons. The number of nitrogens with zero attached hydrogens (tertiary/aromatic N) is 1. The van der Waals surface area contributed by atoms with E-state index in [1.54, 1.807) is 0 Å². The molecule has 0 amide bonds. The molecule has 0 aliphatic heterocycles. The minimum Gasteiger partial charge on any atom is -0.399 e. The number of nitrogens with two attached hydrogens (primary N) is 1. The van der Waals surface area contributed by atoms with Crippen molar-refractivity contribution in [1.29, 1.82) is 0 Å². The third kappa shape index (κ3) is 2.61. The van der Waals surface area contributed by atoms with Gasteiger partial charge in [0.2, 0.25) is 0 Å². The molecule has 0 unspecified atom stereocenters. The topological polar surface area (TPSA) is 30.9 Å². The first-order chi connectivity index (χ1) is 13.3. The number of aromatic nitrogens is 1. The van der Waals surface area contributed by atoms with Crippen molar-refractivity contribution in [1.82, 2.24) is 4.57 Å². The van der Waals surface area contributed by atoms with E-state index in [1.165, 1.54) is 11.1 Å². The van der Waals surface area contributed by atoms with Gasteiger partial charge in [0.1, 0.15) is 5.69 Å². The zero-order chi connectivity index (χ0) is 18.2. The second-order valence-corrected chi connectivity index (χ2v) is 6.72. The molecule has 2 heteroatoms. The molecule has 5 rings (SSSR count). The fraction of sp³-hybridized carbons (Fsp3) is 0.0400. The summed E-state index contributed by atoms with van der Waals surface area (Å²) in [5.41, 5.74) is 13.7. The highest BCUT2D eigenvalue weighted by Crippen LogP contribution is 2.35. The molecule has 4 aromatic rings. The number of para-hydroxylation sites is 1. The van der Waals surface area contributed by atoms with Crippen molar-refractivity contribution >= 4 is 28.2 Å². The SMILES string of the molecule is Nc1ccc2c(c1)c1c(n2-c2ccccc2)C#CCC(c2ccccc2)=C1. The van der Waals surface area contributed by atoms with Gasteiger partial charge in [0.15, 0.2) is 0 Å². The van der Waals surface area contributed by atoms with Crippen molar-refractivity contribution in [3.63, 3.8) is 0 Å². The minimum absolute atomic E-state index is 0.733. The van der Waals surface area contributed by atoms with Gasteiger partial charge in [-0.1, -0.05) is 54.5 Å². The summed E-state index contributed by atoms with van der Waals surface area (Å²) in [7, 11) is 0. The monoisotopic (exact) mass is 346 g/mol. The Kier molecular flexibility index (Phi) is 3.59. The molecule has 0 radical (unpaired) electrons. The molecule has 0 bridgehead atoms. The van der Waals surface area contributed by atoms with Crippen LogP contribution in [0.3, 0.4) is 0 Å². The maximum atomic E-state index is 6.12. The van der Waals surface area contributed by atoms with Crippen LogP contribution >= 0.6 is 0 Å². The van der Waals surface area contributed by atoms with Crippen LogP contribution in [0.5, 0.6) is 0 Å². The Bertz CT molecular complexity index is 1230. The molecule has 2 N–H and O–H groups in total. The van der Waals surface area contributed by atoms with Crippen LogP contribution in [-0.2, 0) is 0 Å². The largest absolute Gasteiger partial charge is 0.399 e. The Morgan fingerprint density at radius 2 is 1.59 bits per heavy atom. The number of hydrogen-bond donors (Lipinski definition) is 1. The summed E-state index contributed by atoms with van der Waals surface area (Å²) in [4.78, 5) is 0. The van der Waals surface area contributed by atoms with Crippen molar-refractivity contribution in [2.24, 2.45) is 0 Å². The number of hydrogen-bond acceptors (Lipinski definition) is 1. The lowest BCUT2D eigenvalue weighted by Gasteiger charge is -2.07. The second-order valence-electron chi connectivity index (χ2n) is 6.72. The molecule has 1 heterocycles. The van der Waals surface area contributed by atoms with E-state index in [4.69, 9.17) is 5.73 Å². The number of benzene rings is 3. The lowest BCUT2D eigenvalue weighted by atomic mass is 10.0. The molecular weight excluding hydrogens is 328 g/mol. The van der Waals surface area contributed by atoms with Crippen LogP contribution < -0.4 is 5.73 Å². The van der Waals surface area contributed by atoms with Crippen LogP contribution in [0.25, 0.3) is 28.2 Å². The lowest BCUT2D eigenvalue weighted by Crippen LogP contribution is -1.97. The van der Waals surface area contributed by atoms with E-state index in [0.717, 1.165) is 40.0 Å². The summed E-state index contributed by atoms with van der Waals surface area (Å²) < 4.78 is 2.24. The molecular formula is C25H18N2. The molecule has 2 nitrogen and oxygen atoms in total. The number of allylic oxidation sites excluding steroid dienone is 1. The Hall–Kier alpha value is -3.70. The molecule has 0 fully saturated rings. The minimum atomic E-state index is 0.733. The van der Waals surface area contributed by atoms with Gasteiger partial charge in [0.25, 0.3) is 0 Å². The lowest BCUT2D eigenvalue weighted by molar-refractivity contribution is 1.10. The Morgan fingerprint density at radius 3 is 2.37 bits per heavy atom. The van der Waals surface area contributed by atoms with Gasteiger partial charge in [0, 0.05) is 28.7 Å². The van der Waals surface area contributed by atoms with Crippen LogP contribution in [0.2, 0.25) is 0 Å². The highest BCUT2D eigenvalue weighted by Gasteiger charge is 2.18. The highest BCUT2D eigenvalue weighted by atomic mass is 15.0. The normalized spacial score (nSPS) is 12.7. The summed E-state index contributed by atoms with van der Waals surface area (Å²) in [6.07, 6.45) is 3.00. The maximum Gasteiger partial charge on any atom is 0.105 e. The van der Waals surface area contributed by atoms with E-state index in [1.807, 2.05) is 18.2 Å². The van der Waals surface area contributed by atoms with Crippen LogP contribution in [0.1, 0.15) is 23.2 Å². The van der Waals surface area contributed by atoms with Crippen molar-refractivity contribution in [2.75, 3.05) is 5.73 Å². The highest BCUT2D eigenvalue weighted by molar-refractivity contribution is 6.00. The predicted molar refractivity (Wildman–Crippen MR) is 113 cm³/mol. The van der Waals surface area contributed by atoms with Gasteiger partial charge >= 0.3 is 0 Å². The van der Waals surface area contributed by atoms with E-state index >= 15 is 0 Å². The van der Waals surface area contributed by atoms with Crippen molar-refractivity contribution in [2.45, 2.75) is 6.42 Å². The Balaban J connectivity index is 1.84. The Labute approximate surface area is 158 Å². The van der Waals surface area contributed by atoms with Gasteiger partial charge in [-0.25, -0.2) is 0 Å². The van der Waals surface area contributed by atoms with Crippen LogP contribution in [0, 0.1) is 11.8 Å². The summed E-state index contributed by atoms with van der Waals surface area (Å²) in [6.45, 7) is 0. The molecule has 3 aromatic carbocycles. The summed E-state index contributed by atoms with van der Waals surface area (Å²) in [5, 5.41) is 1.14. The number of fused-ring (bicyclic) bond motifs is 3. The van der Waals surface area contributed by atoms with Gasteiger partial charge < -0.3 is 10.3 Å². The van der Waals surface area contributed by atoms with E-state index in [2.05, 4.69) is 83.1 Å². The van der Waals surface area contributed by atoms with Gasteiger partial charge in [-0.15, -0.1) is 0 Å². The van der Waals surface area contributed by atoms with E-state index in [9.17, 15) is 0 Å². The molecule has 1 aliphatic carbocycles. The quantitative estimate of drug-likeness (QED) is 0.377. The Morgan fingerprint density at radius 1 is 0.852 bits per heavy atom. The average molecular weight is 346 g/mol. The zero-order valence-electron chi connectivity index (χ0n) is 14.8. The third-order valence-electron chi connectivity index (χ3n) is 4.99. The van der Waals surface area contributed by atoms with Crippen molar-refractivity contribution in [3.05, 3.63) is 95.7 Å². The van der Waals surface area contributed by atoms with Gasteiger partial charge in [-0.05, 0) is 53.5 Å². The smallest absolute Gasteiger partial charge is 0.105 e. The molecule has 27 heavy (non-hydrogen) atoms. The first-order valence-electron chi connectivity index (χ1n) is 9.05. The summed E-state index contributed by atoms with van der Waals surface area (Å²) in [5.74, 6) is 6.79. The van der Waals surface area contributed by atoms with Crippen LogP contribution in [-0.4, -0.2) is 4.57 Å². The van der Waals surface area contributed by atoms with Crippen molar-refractivity contribution in [3.8, 4) is 17.5 Å². The van der Waals surface area contributed by atoms with Crippen molar-refractivity contribution < 1.29 is 0 Å². The average Bonchev–Trinajstić information content (AvgIpc) is 2.86. The first-order valence-corrected chi connectivity index (χ1v) is 9.05. The fourth-order valence-electron chi connectivity index (χ4n) is 3.73. The molecule has 0 atom stereocenters. The predicted octanol–water partition coefficient (Wildman–Crippen LogP) is 5.51. The molecule has 0 saturated carbocycles. The zero-order valence-corrected chi connectivity index (χ0v) is 14.8. The second kappa shape index (κ2) is 6.23. The molecule has 0 spiro atoms. The summed E-state index contributed by atoms with van der Waals surface area (Å²) in [6, 6.07) is 26.9.